The zero-order valence-corrected chi connectivity index (χ0v) is 11.6. The molecule has 1 atom stereocenters. The Morgan fingerprint density at radius 1 is 1.25 bits per heavy atom. The number of hydrogen-bond donors (Lipinski definition) is 1. The minimum atomic E-state index is 0.650. The SMILES string of the molecule is C=CCN(CCC)C(CC)CNCC(C)C. The fourth-order valence-corrected chi connectivity index (χ4v) is 1.95. The summed E-state index contributed by atoms with van der Waals surface area (Å²) in [5, 5.41) is 3.56. The van der Waals surface area contributed by atoms with E-state index in [1.807, 2.05) is 6.08 Å². The lowest BCUT2D eigenvalue weighted by Gasteiger charge is -2.30. The minimum Gasteiger partial charge on any atom is -0.315 e. The molecule has 0 aliphatic carbocycles. The van der Waals surface area contributed by atoms with E-state index in [2.05, 4.69) is 44.5 Å². The van der Waals surface area contributed by atoms with Gasteiger partial charge in [0.1, 0.15) is 0 Å². The van der Waals surface area contributed by atoms with Crippen molar-refractivity contribution in [2.24, 2.45) is 5.92 Å². The summed E-state index contributed by atoms with van der Waals surface area (Å²) in [5.74, 6) is 0.733. The predicted molar refractivity (Wildman–Crippen MR) is 73.8 cm³/mol. The van der Waals surface area contributed by atoms with Gasteiger partial charge in [-0.1, -0.05) is 33.8 Å². The van der Waals surface area contributed by atoms with Crippen LogP contribution in [0.1, 0.15) is 40.5 Å². The van der Waals surface area contributed by atoms with Crippen molar-refractivity contribution in [1.29, 1.82) is 0 Å². The first-order valence-electron chi connectivity index (χ1n) is 6.71. The molecular weight excluding hydrogens is 196 g/mol. The van der Waals surface area contributed by atoms with Gasteiger partial charge in [-0.15, -0.1) is 6.58 Å². The van der Waals surface area contributed by atoms with Gasteiger partial charge in [0.15, 0.2) is 0 Å². The molecule has 0 aliphatic heterocycles. The van der Waals surface area contributed by atoms with Gasteiger partial charge < -0.3 is 5.32 Å². The highest BCUT2D eigenvalue weighted by Gasteiger charge is 2.14. The largest absolute Gasteiger partial charge is 0.315 e. The summed E-state index contributed by atoms with van der Waals surface area (Å²) in [7, 11) is 0. The molecule has 1 N–H and O–H groups in total. The fourth-order valence-electron chi connectivity index (χ4n) is 1.95. The second-order valence-electron chi connectivity index (χ2n) is 4.90. The molecule has 2 heteroatoms. The van der Waals surface area contributed by atoms with E-state index in [0.29, 0.717) is 6.04 Å². The molecule has 0 amide bonds. The van der Waals surface area contributed by atoms with Crippen LogP contribution in [0.4, 0.5) is 0 Å². The van der Waals surface area contributed by atoms with Gasteiger partial charge in [0.05, 0.1) is 0 Å². The molecule has 1 unspecified atom stereocenters. The van der Waals surface area contributed by atoms with E-state index < -0.39 is 0 Å². The lowest BCUT2D eigenvalue weighted by atomic mass is 10.1. The van der Waals surface area contributed by atoms with E-state index in [-0.39, 0.29) is 0 Å². The van der Waals surface area contributed by atoms with Gasteiger partial charge >= 0.3 is 0 Å². The quantitative estimate of drug-likeness (QED) is 0.576. The topological polar surface area (TPSA) is 15.3 Å². The summed E-state index contributed by atoms with van der Waals surface area (Å²) >= 11 is 0. The van der Waals surface area contributed by atoms with Gasteiger partial charge in [-0.3, -0.25) is 4.90 Å². The van der Waals surface area contributed by atoms with Crippen LogP contribution in [-0.2, 0) is 0 Å². The standard InChI is InChI=1S/C14H30N2/c1-6-9-16(10-7-2)14(8-3)12-15-11-13(4)5/h6,13-15H,1,7-12H2,2-5H3. The van der Waals surface area contributed by atoms with Gasteiger partial charge in [-0.25, -0.2) is 0 Å². The first-order valence-corrected chi connectivity index (χ1v) is 6.71. The average Bonchev–Trinajstić information content (AvgIpc) is 2.24. The average molecular weight is 226 g/mol. The normalized spacial score (nSPS) is 13.4. The number of rotatable bonds is 10. The van der Waals surface area contributed by atoms with E-state index >= 15 is 0 Å². The minimum absolute atomic E-state index is 0.650. The van der Waals surface area contributed by atoms with Crippen molar-refractivity contribution in [3.63, 3.8) is 0 Å². The van der Waals surface area contributed by atoms with Gasteiger partial charge in [0.2, 0.25) is 0 Å². The third kappa shape index (κ3) is 7.02. The van der Waals surface area contributed by atoms with Crippen molar-refractivity contribution in [3.05, 3.63) is 12.7 Å². The van der Waals surface area contributed by atoms with Crippen molar-refractivity contribution >= 4 is 0 Å². The van der Waals surface area contributed by atoms with Gasteiger partial charge in [-0.05, 0) is 31.8 Å². The first kappa shape index (κ1) is 15.7. The van der Waals surface area contributed by atoms with E-state index in [4.69, 9.17) is 0 Å². The Balaban J connectivity index is 4.03. The van der Waals surface area contributed by atoms with Crippen LogP contribution in [0.15, 0.2) is 12.7 Å². The molecule has 0 bridgehead atoms. The monoisotopic (exact) mass is 226 g/mol. The summed E-state index contributed by atoms with van der Waals surface area (Å²) in [4.78, 5) is 2.53. The summed E-state index contributed by atoms with van der Waals surface area (Å²) < 4.78 is 0. The molecular formula is C14H30N2. The van der Waals surface area contributed by atoms with E-state index in [1.54, 1.807) is 0 Å². The Kier molecular flexibility index (Phi) is 9.65. The Morgan fingerprint density at radius 2 is 1.94 bits per heavy atom. The van der Waals surface area contributed by atoms with Gasteiger partial charge in [0.25, 0.3) is 0 Å². The van der Waals surface area contributed by atoms with Crippen LogP contribution in [0.25, 0.3) is 0 Å². The summed E-state index contributed by atoms with van der Waals surface area (Å²) in [6.07, 6.45) is 4.44. The smallest absolute Gasteiger partial charge is 0.0221 e. The third-order valence-corrected chi connectivity index (χ3v) is 2.79. The van der Waals surface area contributed by atoms with Crippen LogP contribution in [0, 0.1) is 5.92 Å². The maximum Gasteiger partial charge on any atom is 0.0221 e. The highest BCUT2D eigenvalue weighted by atomic mass is 15.2. The molecule has 0 fully saturated rings. The Bertz CT molecular complexity index is 166. The fraction of sp³-hybridized carbons (Fsp3) is 0.857. The summed E-state index contributed by atoms with van der Waals surface area (Å²) in [6.45, 7) is 17.3. The second kappa shape index (κ2) is 9.86. The van der Waals surface area contributed by atoms with Crippen LogP contribution in [0.3, 0.4) is 0 Å². The molecule has 96 valence electrons. The highest BCUT2D eigenvalue weighted by Crippen LogP contribution is 2.05. The Morgan fingerprint density at radius 3 is 2.38 bits per heavy atom. The molecule has 0 aliphatic rings. The number of hydrogen-bond acceptors (Lipinski definition) is 2. The van der Waals surface area contributed by atoms with Crippen molar-refractivity contribution in [1.82, 2.24) is 10.2 Å². The maximum absolute atomic E-state index is 3.85. The van der Waals surface area contributed by atoms with Crippen molar-refractivity contribution < 1.29 is 0 Å². The molecule has 16 heavy (non-hydrogen) atoms. The Hall–Kier alpha value is -0.340. The zero-order chi connectivity index (χ0) is 12.4. The van der Waals surface area contributed by atoms with Crippen LogP contribution < -0.4 is 5.32 Å². The van der Waals surface area contributed by atoms with E-state index in [9.17, 15) is 0 Å². The van der Waals surface area contributed by atoms with Crippen LogP contribution in [0.2, 0.25) is 0 Å². The van der Waals surface area contributed by atoms with Gasteiger partial charge in [-0.2, -0.15) is 0 Å². The molecule has 0 aromatic carbocycles. The molecule has 2 nitrogen and oxygen atoms in total. The lowest BCUT2D eigenvalue weighted by molar-refractivity contribution is 0.205. The highest BCUT2D eigenvalue weighted by molar-refractivity contribution is 4.80. The second-order valence-corrected chi connectivity index (χ2v) is 4.90. The molecule has 0 rings (SSSR count). The van der Waals surface area contributed by atoms with Crippen molar-refractivity contribution in [2.45, 2.75) is 46.6 Å². The molecule has 0 aromatic heterocycles. The van der Waals surface area contributed by atoms with Crippen LogP contribution in [-0.4, -0.2) is 37.1 Å². The van der Waals surface area contributed by atoms with E-state index in [0.717, 1.165) is 25.6 Å². The zero-order valence-electron chi connectivity index (χ0n) is 11.6. The van der Waals surface area contributed by atoms with Crippen molar-refractivity contribution in [3.8, 4) is 0 Å². The summed E-state index contributed by atoms with van der Waals surface area (Å²) in [6, 6.07) is 0.650. The maximum atomic E-state index is 3.85. The van der Waals surface area contributed by atoms with Crippen molar-refractivity contribution in [2.75, 3.05) is 26.2 Å². The molecule has 0 spiro atoms. The third-order valence-electron chi connectivity index (χ3n) is 2.79. The number of nitrogens with zero attached hydrogens (tertiary/aromatic N) is 1. The van der Waals surface area contributed by atoms with Crippen LogP contribution >= 0.6 is 0 Å². The Labute approximate surface area is 102 Å². The van der Waals surface area contributed by atoms with Gasteiger partial charge in [0, 0.05) is 19.1 Å². The van der Waals surface area contributed by atoms with Crippen LogP contribution in [0.5, 0.6) is 0 Å². The summed E-state index contributed by atoms with van der Waals surface area (Å²) in [5.41, 5.74) is 0. The molecule has 0 saturated heterocycles. The lowest BCUT2D eigenvalue weighted by Crippen LogP contribution is -2.43. The molecule has 0 heterocycles. The molecule has 0 saturated carbocycles. The first-order chi connectivity index (χ1) is 7.65. The molecule has 0 radical (unpaired) electrons. The molecule has 0 aromatic rings. The van der Waals surface area contributed by atoms with E-state index in [1.165, 1.54) is 19.4 Å². The predicted octanol–water partition coefficient (Wildman–Crippen LogP) is 2.91. The number of nitrogens with one attached hydrogen (secondary N) is 1.